The van der Waals surface area contributed by atoms with Gasteiger partial charge in [-0.2, -0.15) is 4.98 Å². The molecular formula is C19H20ClN5O2S. The number of halogens is 1. The number of allylic oxidation sites excluding steroid dienone is 3. The molecule has 0 spiro atoms. The normalized spacial score (nSPS) is 14.5. The molecule has 1 aliphatic carbocycles. The van der Waals surface area contributed by atoms with Gasteiger partial charge >= 0.3 is 0 Å². The number of nitrogens with zero attached hydrogens (tertiary/aromatic N) is 3. The second-order valence-corrected chi connectivity index (χ2v) is 8.79. The third kappa shape index (κ3) is 4.41. The molecule has 1 aromatic heterocycles. The topological polar surface area (TPSA) is 87.2 Å². The molecular weight excluding hydrogens is 398 g/mol. The third-order valence-corrected chi connectivity index (χ3v) is 6.12. The molecule has 7 nitrogen and oxygen atoms in total. The minimum atomic E-state index is -3.64. The van der Waals surface area contributed by atoms with Gasteiger partial charge in [-0.3, -0.25) is 0 Å². The van der Waals surface area contributed by atoms with Gasteiger partial charge in [-0.05, 0) is 17.7 Å². The highest BCUT2D eigenvalue weighted by atomic mass is 35.5. The van der Waals surface area contributed by atoms with Crippen molar-refractivity contribution in [1.29, 1.82) is 0 Å². The van der Waals surface area contributed by atoms with E-state index in [9.17, 15) is 8.42 Å². The van der Waals surface area contributed by atoms with E-state index in [1.165, 1.54) is 26.4 Å². The summed E-state index contributed by atoms with van der Waals surface area (Å²) < 4.78 is 26.3. The van der Waals surface area contributed by atoms with E-state index in [0.717, 1.165) is 9.88 Å². The largest absolute Gasteiger partial charge is 0.344 e. The minimum absolute atomic E-state index is 0.0825. The van der Waals surface area contributed by atoms with E-state index in [-0.39, 0.29) is 16.0 Å². The van der Waals surface area contributed by atoms with Gasteiger partial charge in [-0.15, -0.1) is 0 Å². The van der Waals surface area contributed by atoms with Crippen LogP contribution in [0.2, 0.25) is 5.02 Å². The van der Waals surface area contributed by atoms with E-state index >= 15 is 0 Å². The molecule has 0 unspecified atom stereocenters. The quantitative estimate of drug-likeness (QED) is 0.746. The van der Waals surface area contributed by atoms with Crippen molar-refractivity contribution in [2.75, 3.05) is 24.7 Å². The van der Waals surface area contributed by atoms with Crippen molar-refractivity contribution in [2.24, 2.45) is 0 Å². The Labute approximate surface area is 169 Å². The third-order valence-electron chi connectivity index (χ3n) is 3.97. The fourth-order valence-corrected chi connectivity index (χ4v) is 3.64. The summed E-state index contributed by atoms with van der Waals surface area (Å²) in [6.07, 6.45) is 9.13. The lowest BCUT2D eigenvalue weighted by molar-refractivity contribution is 0.521. The molecule has 0 radical (unpaired) electrons. The van der Waals surface area contributed by atoms with E-state index in [2.05, 4.69) is 27.2 Å². The second kappa shape index (κ2) is 8.14. The highest BCUT2D eigenvalue weighted by molar-refractivity contribution is 7.89. The van der Waals surface area contributed by atoms with Crippen molar-refractivity contribution in [3.05, 3.63) is 71.9 Å². The summed E-state index contributed by atoms with van der Waals surface area (Å²) in [5.74, 6) is 0.653. The molecule has 1 aromatic carbocycles. The summed E-state index contributed by atoms with van der Waals surface area (Å²) in [5.41, 5.74) is 1.28. The monoisotopic (exact) mass is 417 g/mol. The molecule has 0 amide bonds. The van der Waals surface area contributed by atoms with Crippen molar-refractivity contribution in [1.82, 2.24) is 14.3 Å². The molecule has 28 heavy (non-hydrogen) atoms. The number of hydrogen-bond acceptors (Lipinski definition) is 6. The Hall–Kier alpha value is -2.68. The van der Waals surface area contributed by atoms with Crippen LogP contribution in [-0.2, 0) is 10.0 Å². The van der Waals surface area contributed by atoms with Gasteiger partial charge in [0.25, 0.3) is 0 Å². The SMILES string of the molecule is C=C1C=CC(Nc2ncc(Cl)c(Nc3ccccc3S(=O)(=O)N(C)C)n2)C=C1. The van der Waals surface area contributed by atoms with Gasteiger partial charge in [-0.1, -0.05) is 54.6 Å². The molecule has 2 N–H and O–H groups in total. The Kier molecular flexibility index (Phi) is 5.83. The number of hydrogen-bond donors (Lipinski definition) is 2. The summed E-state index contributed by atoms with van der Waals surface area (Å²) in [6, 6.07) is 6.49. The van der Waals surface area contributed by atoms with Gasteiger partial charge in [0.05, 0.1) is 17.9 Å². The molecule has 1 heterocycles. The van der Waals surface area contributed by atoms with Crippen LogP contribution >= 0.6 is 11.6 Å². The zero-order valence-corrected chi connectivity index (χ0v) is 17.0. The molecule has 3 rings (SSSR count). The van der Waals surface area contributed by atoms with Gasteiger partial charge in [-0.25, -0.2) is 17.7 Å². The first-order valence-corrected chi connectivity index (χ1v) is 10.2. The van der Waals surface area contributed by atoms with Crippen molar-refractivity contribution >= 4 is 39.1 Å². The Bertz CT molecular complexity index is 1050. The first-order chi connectivity index (χ1) is 13.3. The number of aromatic nitrogens is 2. The van der Waals surface area contributed by atoms with E-state index in [4.69, 9.17) is 11.6 Å². The predicted molar refractivity (Wildman–Crippen MR) is 112 cm³/mol. The predicted octanol–water partition coefficient (Wildman–Crippen LogP) is 3.59. The Morgan fingerprint density at radius 2 is 1.86 bits per heavy atom. The lowest BCUT2D eigenvalue weighted by Crippen LogP contribution is -2.23. The molecule has 0 saturated carbocycles. The van der Waals surface area contributed by atoms with Crippen LogP contribution in [0.4, 0.5) is 17.5 Å². The van der Waals surface area contributed by atoms with E-state index in [0.29, 0.717) is 17.5 Å². The number of sulfonamides is 1. The summed E-state index contributed by atoms with van der Waals surface area (Å²) in [4.78, 5) is 8.69. The van der Waals surface area contributed by atoms with E-state index < -0.39 is 10.0 Å². The van der Waals surface area contributed by atoms with Crippen molar-refractivity contribution in [3.63, 3.8) is 0 Å². The van der Waals surface area contributed by atoms with Gasteiger partial charge in [0.15, 0.2) is 5.82 Å². The van der Waals surface area contributed by atoms with Crippen LogP contribution in [-0.4, -0.2) is 42.8 Å². The van der Waals surface area contributed by atoms with Crippen LogP contribution < -0.4 is 10.6 Å². The summed E-state index contributed by atoms with van der Waals surface area (Å²) in [7, 11) is -0.681. The molecule has 2 aromatic rings. The Morgan fingerprint density at radius 3 is 2.54 bits per heavy atom. The number of para-hydroxylation sites is 1. The van der Waals surface area contributed by atoms with Gasteiger partial charge in [0.2, 0.25) is 16.0 Å². The first kappa shape index (κ1) is 20.1. The number of nitrogens with one attached hydrogen (secondary N) is 2. The van der Waals surface area contributed by atoms with Crippen LogP contribution in [0.5, 0.6) is 0 Å². The smallest absolute Gasteiger partial charge is 0.244 e. The molecule has 0 bridgehead atoms. The lowest BCUT2D eigenvalue weighted by atomic mass is 10.1. The average molecular weight is 418 g/mol. The van der Waals surface area contributed by atoms with E-state index in [1.54, 1.807) is 18.2 Å². The fourth-order valence-electron chi connectivity index (χ4n) is 2.46. The second-order valence-electron chi connectivity index (χ2n) is 6.26. The van der Waals surface area contributed by atoms with E-state index in [1.807, 2.05) is 24.3 Å². The van der Waals surface area contributed by atoms with Crippen molar-refractivity contribution in [2.45, 2.75) is 10.9 Å². The van der Waals surface area contributed by atoms with Crippen LogP contribution in [0.25, 0.3) is 0 Å². The fraction of sp³-hybridized carbons (Fsp3) is 0.158. The maximum atomic E-state index is 12.6. The lowest BCUT2D eigenvalue weighted by Gasteiger charge is -2.17. The molecule has 9 heteroatoms. The maximum absolute atomic E-state index is 12.6. The summed E-state index contributed by atoms with van der Waals surface area (Å²) >= 11 is 6.22. The average Bonchev–Trinajstić information content (AvgIpc) is 2.66. The van der Waals surface area contributed by atoms with Crippen molar-refractivity contribution in [3.8, 4) is 0 Å². The molecule has 146 valence electrons. The first-order valence-electron chi connectivity index (χ1n) is 8.40. The molecule has 0 atom stereocenters. The number of anilines is 3. The Morgan fingerprint density at radius 1 is 1.18 bits per heavy atom. The van der Waals surface area contributed by atoms with Gasteiger partial charge < -0.3 is 10.6 Å². The van der Waals surface area contributed by atoms with Crippen LogP contribution in [0.15, 0.2) is 71.8 Å². The molecule has 1 aliphatic rings. The molecule has 0 saturated heterocycles. The maximum Gasteiger partial charge on any atom is 0.244 e. The minimum Gasteiger partial charge on any atom is -0.344 e. The van der Waals surface area contributed by atoms with Gasteiger partial charge in [0, 0.05) is 14.1 Å². The number of rotatable bonds is 6. The van der Waals surface area contributed by atoms with Crippen LogP contribution in [0.1, 0.15) is 0 Å². The molecule has 0 aliphatic heterocycles. The van der Waals surface area contributed by atoms with Crippen molar-refractivity contribution < 1.29 is 8.42 Å². The van der Waals surface area contributed by atoms with Crippen LogP contribution in [0.3, 0.4) is 0 Å². The highest BCUT2D eigenvalue weighted by Crippen LogP contribution is 2.29. The number of benzene rings is 1. The summed E-state index contributed by atoms with van der Waals surface area (Å²) in [5, 5.41) is 6.43. The Balaban J connectivity index is 1.89. The van der Waals surface area contributed by atoms with Gasteiger partial charge in [0.1, 0.15) is 9.92 Å². The standard InChI is InChI=1S/C19H20ClN5O2S/c1-13-8-10-14(11-9-13)22-19-21-12-15(20)18(24-19)23-16-6-4-5-7-17(16)28(26,27)25(2)3/h4-12,14H,1H2,2-3H3,(H2,21,22,23,24). The highest BCUT2D eigenvalue weighted by Gasteiger charge is 2.21. The van der Waals surface area contributed by atoms with Crippen LogP contribution in [0, 0.1) is 0 Å². The summed E-state index contributed by atoms with van der Waals surface area (Å²) in [6.45, 7) is 3.86. The molecule has 0 fully saturated rings. The zero-order valence-electron chi connectivity index (χ0n) is 15.4. The zero-order chi connectivity index (χ0) is 20.3.